The molecule has 1 aromatic rings. The van der Waals surface area contributed by atoms with E-state index in [0.717, 1.165) is 13.0 Å². The molecule has 0 bridgehead atoms. The number of nitrogens with two attached hydrogens (primary N) is 1. The van der Waals surface area contributed by atoms with Crippen LogP contribution in [0.5, 0.6) is 0 Å². The average Bonchev–Trinajstić information content (AvgIpc) is 2.47. The van der Waals surface area contributed by atoms with Gasteiger partial charge in [-0.15, -0.1) is 0 Å². The van der Waals surface area contributed by atoms with Gasteiger partial charge in [-0.1, -0.05) is 0 Å². The lowest BCUT2D eigenvalue weighted by atomic mass is 10.3. The van der Waals surface area contributed by atoms with Crippen LogP contribution in [0, 0.1) is 6.92 Å². The summed E-state index contributed by atoms with van der Waals surface area (Å²) in [6.07, 6.45) is 2.87. The molecule has 1 heterocycles. The van der Waals surface area contributed by atoms with E-state index >= 15 is 0 Å². The minimum Gasteiger partial charge on any atom is -0.396 e. The van der Waals surface area contributed by atoms with Crippen LogP contribution in [0.2, 0.25) is 0 Å². The molecular formula is C9H16N4O. The first-order valence-electron chi connectivity index (χ1n) is 4.64. The molecule has 1 aromatic heterocycles. The molecule has 5 heteroatoms. The van der Waals surface area contributed by atoms with Gasteiger partial charge in [-0.3, -0.25) is 4.79 Å². The molecule has 1 rings (SSSR count). The summed E-state index contributed by atoms with van der Waals surface area (Å²) in [4.78, 5) is 11.5. The molecule has 0 aromatic carbocycles. The van der Waals surface area contributed by atoms with Gasteiger partial charge in [-0.05, 0) is 26.9 Å². The Labute approximate surface area is 83.3 Å². The van der Waals surface area contributed by atoms with E-state index in [0.29, 0.717) is 17.8 Å². The second-order valence-electron chi connectivity index (χ2n) is 3.22. The average molecular weight is 196 g/mol. The maximum Gasteiger partial charge on any atom is 0.246 e. The Kier molecular flexibility index (Phi) is 3.64. The number of hydrogen-bond acceptors (Lipinski definition) is 4. The van der Waals surface area contributed by atoms with Crippen molar-refractivity contribution in [2.45, 2.75) is 19.8 Å². The minimum atomic E-state index is -0.0138. The summed E-state index contributed by atoms with van der Waals surface area (Å²) < 4.78 is 1.32. The zero-order valence-electron chi connectivity index (χ0n) is 8.58. The van der Waals surface area contributed by atoms with Crippen LogP contribution in [0.25, 0.3) is 0 Å². The van der Waals surface area contributed by atoms with Gasteiger partial charge in [0, 0.05) is 6.42 Å². The van der Waals surface area contributed by atoms with E-state index in [1.807, 2.05) is 7.05 Å². The third-order valence-corrected chi connectivity index (χ3v) is 2.01. The van der Waals surface area contributed by atoms with Crippen molar-refractivity contribution in [2.24, 2.45) is 0 Å². The number of aromatic nitrogens is 2. The first kappa shape index (κ1) is 10.7. The quantitative estimate of drug-likeness (QED) is 0.684. The normalized spacial score (nSPS) is 10.4. The number of hydrogen-bond donors (Lipinski definition) is 2. The monoisotopic (exact) mass is 196 g/mol. The number of carbonyl (C=O) groups is 1. The van der Waals surface area contributed by atoms with E-state index in [1.54, 1.807) is 13.1 Å². The van der Waals surface area contributed by atoms with Crippen molar-refractivity contribution in [2.75, 3.05) is 19.3 Å². The van der Waals surface area contributed by atoms with Crippen LogP contribution in [0.4, 0.5) is 5.69 Å². The zero-order valence-corrected chi connectivity index (χ0v) is 8.58. The van der Waals surface area contributed by atoms with Crippen LogP contribution in [0.15, 0.2) is 6.20 Å². The summed E-state index contributed by atoms with van der Waals surface area (Å²) in [5, 5.41) is 7.00. The smallest absolute Gasteiger partial charge is 0.246 e. The highest BCUT2D eigenvalue weighted by atomic mass is 16.2. The molecule has 0 spiro atoms. The predicted molar refractivity (Wildman–Crippen MR) is 55.2 cm³/mol. The molecule has 5 nitrogen and oxygen atoms in total. The molecule has 0 saturated heterocycles. The predicted octanol–water partition coefficient (Wildman–Crippen LogP) is 0.414. The van der Waals surface area contributed by atoms with Crippen molar-refractivity contribution in [1.82, 2.24) is 15.1 Å². The number of nitrogen functional groups attached to an aromatic ring is 1. The van der Waals surface area contributed by atoms with Gasteiger partial charge in [0.25, 0.3) is 0 Å². The number of carbonyl (C=O) groups excluding carboxylic acids is 1. The summed E-state index contributed by atoms with van der Waals surface area (Å²) in [6, 6.07) is 0. The van der Waals surface area contributed by atoms with Gasteiger partial charge < -0.3 is 11.1 Å². The van der Waals surface area contributed by atoms with Gasteiger partial charge in [0.2, 0.25) is 5.91 Å². The SMILES string of the molecule is CNCCCC(=O)n1cc(N)c(C)n1. The number of nitrogens with one attached hydrogen (secondary N) is 1. The van der Waals surface area contributed by atoms with Crippen molar-refractivity contribution in [3.63, 3.8) is 0 Å². The Balaban J connectivity index is 2.52. The van der Waals surface area contributed by atoms with E-state index in [1.165, 1.54) is 4.68 Å². The molecule has 0 unspecified atom stereocenters. The molecule has 0 aliphatic heterocycles. The van der Waals surface area contributed by atoms with Crippen LogP contribution < -0.4 is 11.1 Å². The summed E-state index contributed by atoms with van der Waals surface area (Å²) in [5.41, 5.74) is 6.85. The Morgan fingerprint density at radius 3 is 2.93 bits per heavy atom. The molecule has 3 N–H and O–H groups in total. The van der Waals surface area contributed by atoms with Crippen LogP contribution >= 0.6 is 0 Å². The van der Waals surface area contributed by atoms with Crippen molar-refractivity contribution in [3.8, 4) is 0 Å². The van der Waals surface area contributed by atoms with Crippen molar-refractivity contribution >= 4 is 11.6 Å². The lowest BCUT2D eigenvalue weighted by Crippen LogP contribution is -2.15. The molecule has 0 atom stereocenters. The standard InChI is InChI=1S/C9H16N4O/c1-7-8(10)6-13(12-7)9(14)4-3-5-11-2/h6,11H,3-5,10H2,1-2H3. The fourth-order valence-corrected chi connectivity index (χ4v) is 1.13. The Morgan fingerprint density at radius 1 is 1.71 bits per heavy atom. The molecule has 78 valence electrons. The van der Waals surface area contributed by atoms with Gasteiger partial charge in [-0.2, -0.15) is 5.10 Å². The Hall–Kier alpha value is -1.36. The maximum absolute atomic E-state index is 11.5. The van der Waals surface area contributed by atoms with E-state index in [4.69, 9.17) is 5.73 Å². The van der Waals surface area contributed by atoms with E-state index in [2.05, 4.69) is 10.4 Å². The molecule has 0 aliphatic rings. The number of aryl methyl sites for hydroxylation is 1. The second-order valence-corrected chi connectivity index (χ2v) is 3.22. The summed E-state index contributed by atoms with van der Waals surface area (Å²) in [7, 11) is 1.86. The zero-order chi connectivity index (χ0) is 10.6. The van der Waals surface area contributed by atoms with E-state index in [9.17, 15) is 4.79 Å². The highest BCUT2D eigenvalue weighted by Gasteiger charge is 2.07. The third kappa shape index (κ3) is 2.56. The van der Waals surface area contributed by atoms with Gasteiger partial charge >= 0.3 is 0 Å². The molecule has 0 amide bonds. The number of nitrogens with zero attached hydrogens (tertiary/aromatic N) is 2. The highest BCUT2D eigenvalue weighted by molar-refractivity contribution is 5.78. The van der Waals surface area contributed by atoms with Crippen LogP contribution in [0.1, 0.15) is 23.3 Å². The van der Waals surface area contributed by atoms with Gasteiger partial charge in [0.15, 0.2) is 0 Å². The summed E-state index contributed by atoms with van der Waals surface area (Å²) in [5.74, 6) is -0.0138. The Bertz CT molecular complexity index is 299. The lowest BCUT2D eigenvalue weighted by Gasteiger charge is -1.99. The fourth-order valence-electron chi connectivity index (χ4n) is 1.13. The lowest BCUT2D eigenvalue weighted by molar-refractivity contribution is 0.0884. The van der Waals surface area contributed by atoms with E-state index < -0.39 is 0 Å². The molecular weight excluding hydrogens is 180 g/mol. The van der Waals surface area contributed by atoms with Crippen molar-refractivity contribution in [1.29, 1.82) is 0 Å². The van der Waals surface area contributed by atoms with Crippen LogP contribution in [-0.2, 0) is 0 Å². The van der Waals surface area contributed by atoms with Crippen LogP contribution in [0.3, 0.4) is 0 Å². The van der Waals surface area contributed by atoms with Crippen molar-refractivity contribution in [3.05, 3.63) is 11.9 Å². The van der Waals surface area contributed by atoms with Crippen LogP contribution in [-0.4, -0.2) is 29.3 Å². The number of rotatable bonds is 4. The molecule has 0 saturated carbocycles. The molecule has 0 fully saturated rings. The molecule has 0 aliphatic carbocycles. The first-order valence-corrected chi connectivity index (χ1v) is 4.64. The summed E-state index contributed by atoms with van der Waals surface area (Å²) in [6.45, 7) is 2.62. The van der Waals surface area contributed by atoms with Crippen molar-refractivity contribution < 1.29 is 4.79 Å². The fraction of sp³-hybridized carbons (Fsp3) is 0.556. The Morgan fingerprint density at radius 2 is 2.43 bits per heavy atom. The molecule has 0 radical (unpaired) electrons. The van der Waals surface area contributed by atoms with Gasteiger partial charge in [-0.25, -0.2) is 4.68 Å². The van der Waals surface area contributed by atoms with Gasteiger partial charge in [0.1, 0.15) is 0 Å². The third-order valence-electron chi connectivity index (χ3n) is 2.01. The second kappa shape index (κ2) is 4.76. The topological polar surface area (TPSA) is 72.9 Å². The molecule has 14 heavy (non-hydrogen) atoms. The highest BCUT2D eigenvalue weighted by Crippen LogP contribution is 2.07. The van der Waals surface area contributed by atoms with Gasteiger partial charge in [0.05, 0.1) is 17.6 Å². The summed E-state index contributed by atoms with van der Waals surface area (Å²) >= 11 is 0. The maximum atomic E-state index is 11.5. The minimum absolute atomic E-state index is 0.0138. The van der Waals surface area contributed by atoms with E-state index in [-0.39, 0.29) is 5.91 Å². The first-order chi connectivity index (χ1) is 6.65. The largest absolute Gasteiger partial charge is 0.396 e. The number of anilines is 1.